The fourth-order valence-corrected chi connectivity index (χ4v) is 4.94. The Hall–Kier alpha value is -3.34. The second kappa shape index (κ2) is 7.73. The molecule has 5 rings (SSSR count). The highest BCUT2D eigenvalue weighted by Crippen LogP contribution is 2.43. The summed E-state index contributed by atoms with van der Waals surface area (Å²) in [6.07, 6.45) is 3.56. The molecule has 31 heavy (non-hydrogen) atoms. The second-order valence-electron chi connectivity index (χ2n) is 8.45. The molecule has 2 aliphatic rings. The molecule has 0 saturated heterocycles. The van der Waals surface area contributed by atoms with Crippen LogP contribution in [0.25, 0.3) is 11.1 Å². The first-order chi connectivity index (χ1) is 15.0. The van der Waals surface area contributed by atoms with Crippen molar-refractivity contribution in [3.8, 4) is 22.8 Å². The molecular formula is C26H25NO4. The molecule has 5 heteroatoms. The van der Waals surface area contributed by atoms with Crippen LogP contribution in [-0.4, -0.2) is 22.7 Å². The summed E-state index contributed by atoms with van der Waals surface area (Å²) >= 11 is 0. The van der Waals surface area contributed by atoms with Crippen LogP contribution in [0.1, 0.15) is 52.7 Å². The molecule has 3 aromatic rings. The summed E-state index contributed by atoms with van der Waals surface area (Å²) in [5, 5.41) is 9.08. The molecule has 1 N–H and O–H groups in total. The van der Waals surface area contributed by atoms with Crippen LogP contribution in [0.5, 0.6) is 11.6 Å². The van der Waals surface area contributed by atoms with Gasteiger partial charge < -0.3 is 14.6 Å². The number of aryl methyl sites for hydroxylation is 2. The van der Waals surface area contributed by atoms with E-state index in [1.807, 2.05) is 0 Å². The van der Waals surface area contributed by atoms with Crippen molar-refractivity contribution >= 4 is 5.97 Å². The average molecular weight is 415 g/mol. The van der Waals surface area contributed by atoms with Crippen LogP contribution in [0.4, 0.5) is 0 Å². The summed E-state index contributed by atoms with van der Waals surface area (Å²) in [5.74, 6) is 0.217. The molecule has 0 fully saturated rings. The van der Waals surface area contributed by atoms with Crippen molar-refractivity contribution in [3.05, 3.63) is 76.5 Å². The van der Waals surface area contributed by atoms with E-state index >= 15 is 0 Å². The Morgan fingerprint density at radius 1 is 1.16 bits per heavy atom. The van der Waals surface area contributed by atoms with Gasteiger partial charge in [0, 0.05) is 23.7 Å². The van der Waals surface area contributed by atoms with Crippen LogP contribution in [0.15, 0.2) is 48.7 Å². The van der Waals surface area contributed by atoms with Gasteiger partial charge in [-0.1, -0.05) is 36.4 Å². The van der Waals surface area contributed by atoms with Crippen LogP contribution in [-0.2, 0) is 11.2 Å². The molecule has 1 aromatic heterocycles. The van der Waals surface area contributed by atoms with Gasteiger partial charge in [0.05, 0.1) is 13.0 Å². The first kappa shape index (κ1) is 19.6. The lowest BCUT2D eigenvalue weighted by Crippen LogP contribution is -2.07. The Bertz CT molecular complexity index is 1150. The fourth-order valence-electron chi connectivity index (χ4n) is 4.94. The molecule has 158 valence electrons. The Balaban J connectivity index is 1.42. The maximum Gasteiger partial charge on any atom is 0.304 e. The van der Waals surface area contributed by atoms with Crippen LogP contribution < -0.4 is 9.47 Å². The normalized spacial score (nSPS) is 18.9. The Morgan fingerprint density at radius 2 is 1.94 bits per heavy atom. The van der Waals surface area contributed by atoms with E-state index in [0.717, 1.165) is 18.4 Å². The van der Waals surface area contributed by atoms with E-state index in [9.17, 15) is 4.79 Å². The predicted octanol–water partition coefficient (Wildman–Crippen LogP) is 5.38. The molecule has 0 saturated carbocycles. The van der Waals surface area contributed by atoms with E-state index in [1.165, 1.54) is 33.4 Å². The molecule has 2 aromatic carbocycles. The summed E-state index contributed by atoms with van der Waals surface area (Å²) in [7, 11) is 0. The molecular weight excluding hydrogens is 390 g/mol. The van der Waals surface area contributed by atoms with Crippen molar-refractivity contribution in [2.75, 3.05) is 6.61 Å². The summed E-state index contributed by atoms with van der Waals surface area (Å²) in [4.78, 5) is 15.5. The van der Waals surface area contributed by atoms with Crippen molar-refractivity contribution in [2.24, 2.45) is 0 Å². The monoisotopic (exact) mass is 415 g/mol. The van der Waals surface area contributed by atoms with E-state index in [4.69, 9.17) is 14.6 Å². The number of hydrogen-bond donors (Lipinski definition) is 1. The van der Waals surface area contributed by atoms with Gasteiger partial charge in [0.15, 0.2) is 0 Å². The van der Waals surface area contributed by atoms with Crippen molar-refractivity contribution < 1.29 is 19.4 Å². The molecule has 5 nitrogen and oxygen atoms in total. The Morgan fingerprint density at radius 3 is 2.71 bits per heavy atom. The minimum absolute atomic E-state index is 0.0476. The third-order valence-corrected chi connectivity index (χ3v) is 6.40. The first-order valence-corrected chi connectivity index (χ1v) is 10.7. The summed E-state index contributed by atoms with van der Waals surface area (Å²) in [5.41, 5.74) is 8.58. The number of benzene rings is 2. The molecule has 0 spiro atoms. The molecule has 1 aliphatic heterocycles. The topological polar surface area (TPSA) is 68.7 Å². The van der Waals surface area contributed by atoms with E-state index in [-0.39, 0.29) is 18.4 Å². The number of nitrogens with zero attached hydrogens (tertiary/aromatic N) is 1. The number of carboxylic acid groups (broad SMARTS) is 1. The SMILES string of the molecule is Cc1cccc(C)c1-c1cccc2c1CCC2Oc1cc2c(cn1)[C@H](CC(=O)O)CO2. The van der Waals surface area contributed by atoms with E-state index in [0.29, 0.717) is 18.2 Å². The molecule has 1 unspecified atom stereocenters. The Kier molecular flexibility index (Phi) is 4.89. The van der Waals surface area contributed by atoms with Crippen molar-refractivity contribution in [1.82, 2.24) is 4.98 Å². The smallest absolute Gasteiger partial charge is 0.304 e. The van der Waals surface area contributed by atoms with E-state index in [2.05, 4.69) is 55.2 Å². The zero-order valence-corrected chi connectivity index (χ0v) is 17.7. The summed E-state index contributed by atoms with van der Waals surface area (Å²) in [6.45, 7) is 4.70. The number of rotatable bonds is 5. The van der Waals surface area contributed by atoms with Gasteiger partial charge in [0.25, 0.3) is 0 Å². The standard InChI is InChI=1S/C26H25NO4/c1-15-5-3-6-16(2)26(15)20-8-4-7-19-18(20)9-10-22(19)31-24-12-23-21(13-27-24)17(14-30-23)11-25(28)29/h3-8,12-13,17,22H,9-11,14H2,1-2H3,(H,28,29)/t17-,22?/m1/s1. The molecule has 2 atom stereocenters. The zero-order chi connectivity index (χ0) is 21.5. The highest BCUT2D eigenvalue weighted by atomic mass is 16.5. The Labute approximate surface area is 181 Å². The van der Waals surface area contributed by atoms with Gasteiger partial charge in [0.1, 0.15) is 11.9 Å². The van der Waals surface area contributed by atoms with Gasteiger partial charge in [-0.05, 0) is 60.1 Å². The largest absolute Gasteiger partial charge is 0.492 e. The minimum Gasteiger partial charge on any atom is -0.492 e. The van der Waals surface area contributed by atoms with Gasteiger partial charge in [0.2, 0.25) is 5.88 Å². The molecule has 0 bridgehead atoms. The molecule has 0 amide bonds. The molecule has 0 radical (unpaired) electrons. The number of aromatic nitrogens is 1. The number of carboxylic acids is 1. The third kappa shape index (κ3) is 3.54. The van der Waals surface area contributed by atoms with Crippen molar-refractivity contribution in [2.45, 2.75) is 45.1 Å². The number of aliphatic carboxylic acids is 1. The van der Waals surface area contributed by atoms with Gasteiger partial charge >= 0.3 is 5.97 Å². The van der Waals surface area contributed by atoms with Crippen LogP contribution in [0.3, 0.4) is 0 Å². The predicted molar refractivity (Wildman–Crippen MR) is 118 cm³/mol. The average Bonchev–Trinajstić information content (AvgIpc) is 3.32. The van der Waals surface area contributed by atoms with Gasteiger partial charge in [-0.3, -0.25) is 4.79 Å². The van der Waals surface area contributed by atoms with Crippen LogP contribution in [0.2, 0.25) is 0 Å². The van der Waals surface area contributed by atoms with Crippen molar-refractivity contribution in [3.63, 3.8) is 0 Å². The quantitative estimate of drug-likeness (QED) is 0.606. The highest BCUT2D eigenvalue weighted by molar-refractivity contribution is 5.75. The third-order valence-electron chi connectivity index (χ3n) is 6.40. The van der Waals surface area contributed by atoms with E-state index < -0.39 is 5.97 Å². The summed E-state index contributed by atoms with van der Waals surface area (Å²) < 4.78 is 12.0. The summed E-state index contributed by atoms with van der Waals surface area (Å²) in [6, 6.07) is 14.7. The number of ether oxygens (including phenoxy) is 2. The van der Waals surface area contributed by atoms with Gasteiger partial charge in [-0.15, -0.1) is 0 Å². The minimum atomic E-state index is -0.830. The molecule has 2 heterocycles. The molecule has 1 aliphatic carbocycles. The lowest BCUT2D eigenvalue weighted by Gasteiger charge is -2.17. The maximum absolute atomic E-state index is 11.1. The zero-order valence-electron chi connectivity index (χ0n) is 17.7. The maximum atomic E-state index is 11.1. The fraction of sp³-hybridized carbons (Fsp3) is 0.308. The number of fused-ring (bicyclic) bond motifs is 2. The second-order valence-corrected chi connectivity index (χ2v) is 8.45. The van der Waals surface area contributed by atoms with Crippen LogP contribution in [0, 0.1) is 13.8 Å². The number of hydrogen-bond acceptors (Lipinski definition) is 4. The first-order valence-electron chi connectivity index (χ1n) is 10.7. The van der Waals surface area contributed by atoms with Crippen LogP contribution >= 0.6 is 0 Å². The van der Waals surface area contributed by atoms with E-state index in [1.54, 1.807) is 12.3 Å². The lowest BCUT2D eigenvalue weighted by molar-refractivity contribution is -0.137. The van der Waals surface area contributed by atoms with Gasteiger partial charge in [-0.2, -0.15) is 0 Å². The highest BCUT2D eigenvalue weighted by Gasteiger charge is 2.30. The lowest BCUT2D eigenvalue weighted by atomic mass is 9.91. The van der Waals surface area contributed by atoms with Gasteiger partial charge in [-0.25, -0.2) is 4.98 Å². The number of pyridine rings is 1. The van der Waals surface area contributed by atoms with Crippen molar-refractivity contribution in [1.29, 1.82) is 0 Å². The number of carbonyl (C=O) groups is 1.